The van der Waals surface area contributed by atoms with Gasteiger partial charge in [0.05, 0.1) is 0 Å². The third-order valence-corrected chi connectivity index (χ3v) is 5.41. The van der Waals surface area contributed by atoms with E-state index in [2.05, 4.69) is 20.4 Å². The molecule has 0 bridgehead atoms. The second-order valence-electron chi connectivity index (χ2n) is 8.85. The standard InChI is InChI=1S/C21H32N6O3/c1-14-17(15(2)27-19(25-14)23-13-24-27)9-10-18(28)26-11-7-6-8-16(26)12-22-20(29)30-21(3,4)5/h13,16H,6-12H2,1-5H3,(H,22,29). The number of rotatable bonds is 5. The SMILES string of the molecule is Cc1nc2ncnn2c(C)c1CCC(=O)N1CCCCC1CNC(=O)OC(C)(C)C. The Bertz CT molecular complexity index is 917. The molecule has 2 amide bonds. The lowest BCUT2D eigenvalue weighted by Gasteiger charge is -2.36. The third kappa shape index (κ3) is 5.25. The third-order valence-electron chi connectivity index (χ3n) is 5.41. The number of fused-ring (bicyclic) bond motifs is 1. The van der Waals surface area contributed by atoms with Crippen molar-refractivity contribution in [3.8, 4) is 0 Å². The molecule has 164 valence electrons. The number of likely N-dealkylation sites (tertiary alicyclic amines) is 1. The van der Waals surface area contributed by atoms with E-state index in [0.717, 1.165) is 42.8 Å². The average Bonchev–Trinajstić information content (AvgIpc) is 3.13. The zero-order valence-electron chi connectivity index (χ0n) is 18.6. The Morgan fingerprint density at radius 3 is 2.77 bits per heavy atom. The second-order valence-corrected chi connectivity index (χ2v) is 8.85. The minimum atomic E-state index is -0.541. The van der Waals surface area contributed by atoms with Crippen molar-refractivity contribution in [3.05, 3.63) is 23.3 Å². The molecule has 9 heteroatoms. The van der Waals surface area contributed by atoms with Gasteiger partial charge in [-0.15, -0.1) is 0 Å². The Kier molecular flexibility index (Phi) is 6.58. The van der Waals surface area contributed by atoms with E-state index in [4.69, 9.17) is 4.74 Å². The molecule has 1 N–H and O–H groups in total. The van der Waals surface area contributed by atoms with Crippen molar-refractivity contribution < 1.29 is 14.3 Å². The summed E-state index contributed by atoms with van der Waals surface area (Å²) in [6, 6.07) is -0.00289. The lowest BCUT2D eigenvalue weighted by Crippen LogP contribution is -2.50. The lowest BCUT2D eigenvalue weighted by atomic mass is 10.00. The van der Waals surface area contributed by atoms with E-state index in [1.54, 1.807) is 4.52 Å². The second kappa shape index (κ2) is 8.97. The van der Waals surface area contributed by atoms with E-state index in [1.165, 1.54) is 6.33 Å². The maximum atomic E-state index is 13.0. The zero-order chi connectivity index (χ0) is 21.9. The molecular weight excluding hydrogens is 384 g/mol. The quantitative estimate of drug-likeness (QED) is 0.804. The van der Waals surface area contributed by atoms with E-state index < -0.39 is 11.7 Å². The molecule has 1 aliphatic rings. The summed E-state index contributed by atoms with van der Waals surface area (Å²) in [5.41, 5.74) is 2.33. The number of nitrogens with one attached hydrogen (secondary N) is 1. The summed E-state index contributed by atoms with van der Waals surface area (Å²) in [7, 11) is 0. The molecule has 3 heterocycles. The highest BCUT2D eigenvalue weighted by Gasteiger charge is 2.28. The van der Waals surface area contributed by atoms with E-state index in [0.29, 0.717) is 25.2 Å². The summed E-state index contributed by atoms with van der Waals surface area (Å²) in [6.45, 7) is 10.5. The van der Waals surface area contributed by atoms with Crippen molar-refractivity contribution in [2.45, 2.75) is 78.4 Å². The van der Waals surface area contributed by atoms with Gasteiger partial charge in [-0.25, -0.2) is 14.3 Å². The number of carbonyl (C=O) groups excluding carboxylic acids is 2. The predicted molar refractivity (Wildman–Crippen MR) is 112 cm³/mol. The van der Waals surface area contributed by atoms with Crippen molar-refractivity contribution in [1.29, 1.82) is 0 Å². The summed E-state index contributed by atoms with van der Waals surface area (Å²) in [4.78, 5) is 35.5. The van der Waals surface area contributed by atoms with Crippen LogP contribution >= 0.6 is 0 Å². The van der Waals surface area contributed by atoms with Crippen LogP contribution < -0.4 is 5.32 Å². The summed E-state index contributed by atoms with van der Waals surface area (Å²) in [6.07, 6.45) is 4.95. The first-order chi connectivity index (χ1) is 14.2. The van der Waals surface area contributed by atoms with Gasteiger partial charge in [0.1, 0.15) is 11.9 Å². The molecule has 0 saturated carbocycles. The van der Waals surface area contributed by atoms with Crippen molar-refractivity contribution in [2.24, 2.45) is 0 Å². The number of nitrogens with zero attached hydrogens (tertiary/aromatic N) is 5. The van der Waals surface area contributed by atoms with Crippen LogP contribution in [0.5, 0.6) is 0 Å². The molecule has 2 aromatic heterocycles. The topological polar surface area (TPSA) is 102 Å². The van der Waals surface area contributed by atoms with Crippen LogP contribution in [0.3, 0.4) is 0 Å². The van der Waals surface area contributed by atoms with E-state index in [-0.39, 0.29) is 11.9 Å². The lowest BCUT2D eigenvalue weighted by molar-refractivity contribution is -0.134. The van der Waals surface area contributed by atoms with Gasteiger partial charge in [0.15, 0.2) is 0 Å². The first-order valence-electron chi connectivity index (χ1n) is 10.6. The fraction of sp³-hybridized carbons (Fsp3) is 0.667. The van der Waals surface area contributed by atoms with E-state index in [1.807, 2.05) is 39.5 Å². The molecule has 1 fully saturated rings. The van der Waals surface area contributed by atoms with Crippen LogP contribution in [0.2, 0.25) is 0 Å². The molecule has 0 aromatic carbocycles. The Hall–Kier alpha value is -2.71. The molecule has 2 aromatic rings. The Morgan fingerprint density at radius 1 is 1.27 bits per heavy atom. The van der Waals surface area contributed by atoms with Crippen LogP contribution in [0, 0.1) is 13.8 Å². The number of ether oxygens (including phenoxy) is 1. The van der Waals surface area contributed by atoms with Crippen molar-refractivity contribution in [2.75, 3.05) is 13.1 Å². The number of piperidine rings is 1. The normalized spacial score (nSPS) is 17.2. The molecule has 0 aliphatic carbocycles. The average molecular weight is 417 g/mol. The first-order valence-corrected chi connectivity index (χ1v) is 10.6. The monoisotopic (exact) mass is 416 g/mol. The fourth-order valence-corrected chi connectivity index (χ4v) is 3.95. The van der Waals surface area contributed by atoms with Gasteiger partial charge in [-0.2, -0.15) is 10.1 Å². The van der Waals surface area contributed by atoms with Gasteiger partial charge < -0.3 is 15.0 Å². The van der Waals surface area contributed by atoms with Gasteiger partial charge in [-0.05, 0) is 65.9 Å². The van der Waals surface area contributed by atoms with Crippen LogP contribution in [-0.2, 0) is 16.0 Å². The predicted octanol–water partition coefficient (Wildman–Crippen LogP) is 2.58. The number of hydrogen-bond donors (Lipinski definition) is 1. The van der Waals surface area contributed by atoms with Gasteiger partial charge in [-0.3, -0.25) is 4.79 Å². The van der Waals surface area contributed by atoms with Crippen molar-refractivity contribution in [1.82, 2.24) is 29.8 Å². The number of aryl methyl sites for hydroxylation is 2. The molecule has 30 heavy (non-hydrogen) atoms. The summed E-state index contributed by atoms with van der Waals surface area (Å²) in [5, 5.41) is 7.03. The van der Waals surface area contributed by atoms with Crippen molar-refractivity contribution >= 4 is 17.8 Å². The minimum absolute atomic E-state index is 0.00289. The highest BCUT2D eigenvalue weighted by Crippen LogP contribution is 2.20. The zero-order valence-corrected chi connectivity index (χ0v) is 18.6. The maximum absolute atomic E-state index is 13.0. The van der Waals surface area contributed by atoms with Crippen LogP contribution in [0.1, 0.15) is 63.4 Å². The number of alkyl carbamates (subject to hydrolysis) is 1. The molecule has 3 rings (SSSR count). The smallest absolute Gasteiger partial charge is 0.407 e. The van der Waals surface area contributed by atoms with Crippen LogP contribution in [0.4, 0.5) is 4.79 Å². The molecule has 1 saturated heterocycles. The first kappa shape index (κ1) is 22.0. The fourth-order valence-electron chi connectivity index (χ4n) is 3.95. The highest BCUT2D eigenvalue weighted by atomic mass is 16.6. The van der Waals surface area contributed by atoms with Gasteiger partial charge in [-0.1, -0.05) is 0 Å². The minimum Gasteiger partial charge on any atom is -0.444 e. The van der Waals surface area contributed by atoms with E-state index >= 15 is 0 Å². The molecule has 0 radical (unpaired) electrons. The molecule has 0 spiro atoms. The summed E-state index contributed by atoms with van der Waals surface area (Å²) < 4.78 is 7.02. The van der Waals surface area contributed by atoms with Gasteiger partial charge in [0.25, 0.3) is 5.78 Å². The molecule has 1 atom stereocenters. The Labute approximate surface area is 177 Å². The summed E-state index contributed by atoms with van der Waals surface area (Å²) >= 11 is 0. The van der Waals surface area contributed by atoms with Crippen LogP contribution in [0.25, 0.3) is 5.78 Å². The number of aromatic nitrogens is 4. The molecule has 9 nitrogen and oxygen atoms in total. The largest absolute Gasteiger partial charge is 0.444 e. The van der Waals surface area contributed by atoms with Crippen molar-refractivity contribution in [3.63, 3.8) is 0 Å². The van der Waals surface area contributed by atoms with Gasteiger partial charge in [0.2, 0.25) is 5.91 Å². The highest BCUT2D eigenvalue weighted by molar-refractivity contribution is 5.77. The van der Waals surface area contributed by atoms with Crippen LogP contribution in [-0.4, -0.2) is 61.2 Å². The number of hydrogen-bond acceptors (Lipinski definition) is 6. The molecular formula is C21H32N6O3. The maximum Gasteiger partial charge on any atom is 0.407 e. The Morgan fingerprint density at radius 2 is 2.03 bits per heavy atom. The molecule has 1 aliphatic heterocycles. The van der Waals surface area contributed by atoms with Gasteiger partial charge >= 0.3 is 6.09 Å². The van der Waals surface area contributed by atoms with Crippen LogP contribution in [0.15, 0.2) is 6.33 Å². The summed E-state index contributed by atoms with van der Waals surface area (Å²) in [5.74, 6) is 0.674. The van der Waals surface area contributed by atoms with Gasteiger partial charge in [0, 0.05) is 36.9 Å². The molecule has 1 unspecified atom stereocenters. The van der Waals surface area contributed by atoms with E-state index in [9.17, 15) is 9.59 Å². The number of carbonyl (C=O) groups is 2. The Balaban J connectivity index is 1.61. The number of amides is 2.